The van der Waals surface area contributed by atoms with Crippen molar-refractivity contribution in [1.29, 1.82) is 0 Å². The predicted molar refractivity (Wildman–Crippen MR) is 93.5 cm³/mol. The Hall–Kier alpha value is -1.82. The molecule has 130 valence electrons. The molecule has 0 amide bonds. The molecule has 2 atom stereocenters. The van der Waals surface area contributed by atoms with Crippen LogP contribution < -0.4 is 0 Å². The van der Waals surface area contributed by atoms with Gasteiger partial charge in [-0.25, -0.2) is 4.68 Å². The lowest BCUT2D eigenvalue weighted by Gasteiger charge is -2.38. The number of aromatic nitrogens is 5. The summed E-state index contributed by atoms with van der Waals surface area (Å²) in [7, 11) is 0. The summed E-state index contributed by atoms with van der Waals surface area (Å²) in [6.45, 7) is 11.0. The van der Waals surface area contributed by atoms with Crippen LogP contribution in [-0.2, 0) is 5.54 Å². The molecular weight excluding hydrogens is 300 g/mol. The average Bonchev–Trinajstić information content (AvgIpc) is 3.06. The van der Waals surface area contributed by atoms with Crippen LogP contribution in [0.25, 0.3) is 0 Å². The van der Waals surface area contributed by atoms with E-state index in [4.69, 9.17) is 0 Å². The molecule has 0 bridgehead atoms. The molecule has 0 aliphatic carbocycles. The van der Waals surface area contributed by atoms with Crippen LogP contribution in [0.2, 0.25) is 0 Å². The molecule has 2 unspecified atom stereocenters. The first-order chi connectivity index (χ1) is 11.5. The van der Waals surface area contributed by atoms with Crippen LogP contribution in [-0.4, -0.2) is 43.2 Å². The summed E-state index contributed by atoms with van der Waals surface area (Å²) in [4.78, 5) is 6.70. The van der Waals surface area contributed by atoms with Crippen molar-refractivity contribution in [2.75, 3.05) is 13.1 Å². The van der Waals surface area contributed by atoms with Crippen molar-refractivity contribution in [2.45, 2.75) is 58.5 Å². The number of piperidine rings is 1. The molecule has 1 aliphatic heterocycles. The molecule has 1 saturated heterocycles. The van der Waals surface area contributed by atoms with Gasteiger partial charge in [-0.2, -0.15) is 0 Å². The first-order valence-electron chi connectivity index (χ1n) is 8.95. The van der Waals surface area contributed by atoms with E-state index >= 15 is 0 Å². The Kier molecular flexibility index (Phi) is 4.94. The van der Waals surface area contributed by atoms with Crippen molar-refractivity contribution in [1.82, 2.24) is 30.1 Å². The fraction of sp³-hybridized carbons (Fsp3) is 0.667. The Morgan fingerprint density at radius 3 is 2.71 bits per heavy atom. The molecule has 0 radical (unpaired) electrons. The maximum Gasteiger partial charge on any atom is 0.173 e. The van der Waals surface area contributed by atoms with E-state index < -0.39 is 0 Å². The molecule has 2 aromatic rings. The third-order valence-electron chi connectivity index (χ3n) is 5.25. The topological polar surface area (TPSA) is 59.7 Å². The zero-order valence-corrected chi connectivity index (χ0v) is 15.2. The molecule has 2 aromatic heterocycles. The summed E-state index contributed by atoms with van der Waals surface area (Å²) < 4.78 is 2.01. The highest BCUT2D eigenvalue weighted by Gasteiger charge is 2.34. The Morgan fingerprint density at radius 2 is 2.04 bits per heavy atom. The van der Waals surface area contributed by atoms with Crippen molar-refractivity contribution < 1.29 is 0 Å². The summed E-state index contributed by atoms with van der Waals surface area (Å²) in [5, 5.41) is 12.8. The maximum atomic E-state index is 4.45. The monoisotopic (exact) mass is 328 g/mol. The highest BCUT2D eigenvalue weighted by molar-refractivity contribution is 5.23. The van der Waals surface area contributed by atoms with Crippen LogP contribution in [0.15, 0.2) is 24.5 Å². The van der Waals surface area contributed by atoms with Gasteiger partial charge in [0.25, 0.3) is 0 Å². The van der Waals surface area contributed by atoms with Gasteiger partial charge in [0.1, 0.15) is 0 Å². The van der Waals surface area contributed by atoms with Gasteiger partial charge in [0.2, 0.25) is 0 Å². The Labute approximate surface area is 144 Å². The molecule has 0 saturated carbocycles. The zero-order valence-electron chi connectivity index (χ0n) is 15.2. The summed E-state index contributed by atoms with van der Waals surface area (Å²) in [5.41, 5.74) is 1.10. The lowest BCUT2D eigenvalue weighted by Crippen LogP contribution is -2.40. The van der Waals surface area contributed by atoms with Gasteiger partial charge in [-0.1, -0.05) is 13.8 Å². The summed E-state index contributed by atoms with van der Waals surface area (Å²) in [6.07, 6.45) is 7.21. The average molecular weight is 328 g/mol. The fourth-order valence-electron chi connectivity index (χ4n) is 3.47. The molecule has 1 fully saturated rings. The normalized spacial score (nSPS) is 20.9. The maximum absolute atomic E-state index is 4.45. The molecule has 0 spiro atoms. The molecule has 6 heteroatoms. The van der Waals surface area contributed by atoms with Gasteiger partial charge in [-0.15, -0.1) is 5.10 Å². The van der Waals surface area contributed by atoms with E-state index in [0.717, 1.165) is 25.3 Å². The lowest BCUT2D eigenvalue weighted by atomic mass is 9.95. The predicted octanol–water partition coefficient (Wildman–Crippen LogP) is 3.03. The molecular formula is C18H28N6. The van der Waals surface area contributed by atoms with Crippen LogP contribution in [0, 0.1) is 5.92 Å². The van der Waals surface area contributed by atoms with E-state index in [0.29, 0.717) is 5.92 Å². The van der Waals surface area contributed by atoms with E-state index in [2.05, 4.69) is 65.2 Å². The third-order valence-corrected chi connectivity index (χ3v) is 5.25. The highest BCUT2D eigenvalue weighted by Crippen LogP contribution is 2.33. The summed E-state index contributed by atoms with van der Waals surface area (Å²) >= 11 is 0. The summed E-state index contributed by atoms with van der Waals surface area (Å²) in [6, 6.07) is 4.25. The number of hydrogen-bond donors (Lipinski definition) is 0. The molecule has 24 heavy (non-hydrogen) atoms. The number of likely N-dealkylation sites (tertiary alicyclic amines) is 1. The number of nitrogens with zero attached hydrogens (tertiary/aromatic N) is 6. The zero-order chi connectivity index (χ0) is 17.2. The molecule has 0 N–H and O–H groups in total. The largest absolute Gasteiger partial charge is 0.289 e. The van der Waals surface area contributed by atoms with Gasteiger partial charge in [-0.05, 0) is 73.7 Å². The van der Waals surface area contributed by atoms with Gasteiger partial charge in [0.15, 0.2) is 5.82 Å². The SMILES string of the molecule is CCC(C)(C)n1nnnc1C(c1ccncc1)N1CCCC(C)C1. The Balaban J connectivity index is 2.05. The fourth-order valence-corrected chi connectivity index (χ4v) is 3.47. The van der Waals surface area contributed by atoms with E-state index in [1.165, 1.54) is 18.4 Å². The quantitative estimate of drug-likeness (QED) is 0.844. The Morgan fingerprint density at radius 1 is 1.29 bits per heavy atom. The van der Waals surface area contributed by atoms with Crippen molar-refractivity contribution in [3.63, 3.8) is 0 Å². The molecule has 6 nitrogen and oxygen atoms in total. The van der Waals surface area contributed by atoms with Gasteiger partial charge < -0.3 is 0 Å². The number of rotatable bonds is 5. The van der Waals surface area contributed by atoms with Gasteiger partial charge in [-0.3, -0.25) is 9.88 Å². The second-order valence-corrected chi connectivity index (χ2v) is 7.54. The molecule has 1 aliphatic rings. The van der Waals surface area contributed by atoms with Crippen molar-refractivity contribution >= 4 is 0 Å². The van der Waals surface area contributed by atoms with Gasteiger partial charge >= 0.3 is 0 Å². The number of hydrogen-bond acceptors (Lipinski definition) is 5. The molecule has 3 heterocycles. The van der Waals surface area contributed by atoms with Crippen LogP contribution in [0.3, 0.4) is 0 Å². The third kappa shape index (κ3) is 3.34. The van der Waals surface area contributed by atoms with Gasteiger partial charge in [0, 0.05) is 18.9 Å². The first-order valence-corrected chi connectivity index (χ1v) is 8.95. The van der Waals surface area contributed by atoms with E-state index in [9.17, 15) is 0 Å². The van der Waals surface area contributed by atoms with E-state index in [1.54, 1.807) is 0 Å². The lowest BCUT2D eigenvalue weighted by molar-refractivity contribution is 0.136. The van der Waals surface area contributed by atoms with Crippen LogP contribution >= 0.6 is 0 Å². The van der Waals surface area contributed by atoms with E-state index in [1.807, 2.05) is 17.1 Å². The minimum absolute atomic E-state index is 0.0802. The highest BCUT2D eigenvalue weighted by atomic mass is 15.6. The standard InChI is InChI=1S/C18H28N6/c1-5-18(3,4)24-17(20-21-22-24)16(15-8-10-19-11-9-15)23-12-6-7-14(2)13-23/h8-11,14,16H,5-7,12-13H2,1-4H3. The minimum atomic E-state index is -0.106. The Bertz CT molecular complexity index is 651. The van der Waals surface area contributed by atoms with Crippen LogP contribution in [0.5, 0.6) is 0 Å². The summed E-state index contributed by atoms with van der Waals surface area (Å²) in [5.74, 6) is 1.63. The molecule has 0 aromatic carbocycles. The second-order valence-electron chi connectivity index (χ2n) is 7.54. The van der Waals surface area contributed by atoms with Crippen LogP contribution in [0.4, 0.5) is 0 Å². The minimum Gasteiger partial charge on any atom is -0.289 e. The number of pyridine rings is 1. The number of tetrazole rings is 1. The first kappa shape index (κ1) is 17.0. The van der Waals surface area contributed by atoms with Crippen molar-refractivity contribution in [2.24, 2.45) is 5.92 Å². The van der Waals surface area contributed by atoms with Crippen molar-refractivity contribution in [3.05, 3.63) is 35.9 Å². The van der Waals surface area contributed by atoms with Gasteiger partial charge in [0.05, 0.1) is 11.6 Å². The second kappa shape index (κ2) is 6.97. The van der Waals surface area contributed by atoms with Crippen LogP contribution in [0.1, 0.15) is 64.4 Å². The van der Waals surface area contributed by atoms with E-state index in [-0.39, 0.29) is 11.6 Å². The van der Waals surface area contributed by atoms with Crippen molar-refractivity contribution in [3.8, 4) is 0 Å². The smallest absolute Gasteiger partial charge is 0.173 e. The molecule has 3 rings (SSSR count).